The number of amides is 1. The van der Waals surface area contributed by atoms with Crippen LogP contribution >= 0.6 is 0 Å². The van der Waals surface area contributed by atoms with Gasteiger partial charge >= 0.3 is 0 Å². The summed E-state index contributed by atoms with van der Waals surface area (Å²) in [5, 5.41) is 3.19. The zero-order chi connectivity index (χ0) is 18.2. The van der Waals surface area contributed by atoms with Crippen molar-refractivity contribution < 1.29 is 4.79 Å². The molecule has 3 aliphatic rings. The van der Waals surface area contributed by atoms with Gasteiger partial charge in [0.25, 0.3) is 0 Å². The van der Waals surface area contributed by atoms with Gasteiger partial charge in [-0.05, 0) is 70.7 Å². The summed E-state index contributed by atoms with van der Waals surface area (Å²) >= 11 is 0. The summed E-state index contributed by atoms with van der Waals surface area (Å²) in [6.07, 6.45) is 15.2. The Morgan fingerprint density at radius 2 is 1.46 bits per heavy atom. The number of likely N-dealkylation sites (tertiary alicyclic amines) is 2. The standard InChI is InChI=1S/C22H41N3O/c1-24-14-11-21(12-15-24)22(26)23-13-18-25-16-9-20(10-17-25)8-7-19-5-3-2-4-6-19/h19-21H,2-18H2,1H3,(H,23,26). The highest BCUT2D eigenvalue weighted by atomic mass is 16.1. The molecule has 0 radical (unpaired) electrons. The summed E-state index contributed by atoms with van der Waals surface area (Å²) < 4.78 is 0. The van der Waals surface area contributed by atoms with Crippen LogP contribution in [0.5, 0.6) is 0 Å². The smallest absolute Gasteiger partial charge is 0.223 e. The lowest BCUT2D eigenvalue weighted by Crippen LogP contribution is -2.43. The SMILES string of the molecule is CN1CCC(C(=O)NCCN2CCC(CCC3CCCCC3)CC2)CC1. The first-order valence-electron chi connectivity index (χ1n) is 11.4. The van der Waals surface area contributed by atoms with Crippen LogP contribution in [0.3, 0.4) is 0 Å². The van der Waals surface area contributed by atoms with Crippen molar-refractivity contribution in [1.29, 1.82) is 0 Å². The van der Waals surface area contributed by atoms with Gasteiger partial charge in [-0.25, -0.2) is 0 Å². The molecular formula is C22H41N3O. The normalized spacial score (nSPS) is 25.4. The maximum Gasteiger partial charge on any atom is 0.223 e. The van der Waals surface area contributed by atoms with Crippen molar-refractivity contribution in [2.24, 2.45) is 17.8 Å². The Bertz CT molecular complexity index is 406. The zero-order valence-corrected chi connectivity index (χ0v) is 17.1. The van der Waals surface area contributed by atoms with Gasteiger partial charge in [0, 0.05) is 19.0 Å². The quantitative estimate of drug-likeness (QED) is 0.752. The number of nitrogens with zero attached hydrogens (tertiary/aromatic N) is 2. The third-order valence-electron chi connectivity index (χ3n) is 7.23. The average Bonchev–Trinajstić information content (AvgIpc) is 2.68. The molecule has 1 N–H and O–H groups in total. The molecule has 0 unspecified atom stereocenters. The molecular weight excluding hydrogens is 322 g/mol. The minimum atomic E-state index is 0.247. The Labute approximate surface area is 161 Å². The summed E-state index contributed by atoms with van der Waals surface area (Å²) in [5.41, 5.74) is 0. The first-order valence-corrected chi connectivity index (χ1v) is 11.4. The van der Waals surface area contributed by atoms with Crippen LogP contribution in [0.25, 0.3) is 0 Å². The summed E-state index contributed by atoms with van der Waals surface area (Å²) in [6, 6.07) is 0. The Hall–Kier alpha value is -0.610. The molecule has 0 aromatic heterocycles. The average molecular weight is 364 g/mol. The number of hydrogen-bond donors (Lipinski definition) is 1. The van der Waals surface area contributed by atoms with Gasteiger partial charge < -0.3 is 15.1 Å². The van der Waals surface area contributed by atoms with Crippen LogP contribution in [-0.2, 0) is 4.79 Å². The van der Waals surface area contributed by atoms with Gasteiger partial charge in [-0.1, -0.05) is 44.9 Å². The molecule has 3 rings (SSSR count). The number of piperidine rings is 2. The van der Waals surface area contributed by atoms with E-state index in [4.69, 9.17) is 0 Å². The van der Waals surface area contributed by atoms with E-state index in [-0.39, 0.29) is 5.92 Å². The van der Waals surface area contributed by atoms with Gasteiger partial charge in [0.15, 0.2) is 0 Å². The van der Waals surface area contributed by atoms with Crippen molar-refractivity contribution in [3.05, 3.63) is 0 Å². The van der Waals surface area contributed by atoms with E-state index in [9.17, 15) is 4.79 Å². The fourth-order valence-corrected chi connectivity index (χ4v) is 5.20. The van der Waals surface area contributed by atoms with Crippen molar-refractivity contribution in [2.45, 2.75) is 70.6 Å². The highest BCUT2D eigenvalue weighted by Gasteiger charge is 2.24. The Balaban J connectivity index is 1.23. The molecule has 1 amide bonds. The van der Waals surface area contributed by atoms with E-state index < -0.39 is 0 Å². The number of nitrogens with one attached hydrogen (secondary N) is 1. The second-order valence-corrected chi connectivity index (χ2v) is 9.23. The van der Waals surface area contributed by atoms with Crippen molar-refractivity contribution >= 4 is 5.91 Å². The predicted molar refractivity (Wildman–Crippen MR) is 108 cm³/mol. The summed E-state index contributed by atoms with van der Waals surface area (Å²) in [7, 11) is 2.15. The van der Waals surface area contributed by atoms with Crippen molar-refractivity contribution in [2.75, 3.05) is 46.3 Å². The van der Waals surface area contributed by atoms with Gasteiger partial charge in [0.1, 0.15) is 0 Å². The van der Waals surface area contributed by atoms with Crippen LogP contribution in [0, 0.1) is 17.8 Å². The minimum Gasteiger partial charge on any atom is -0.355 e. The maximum atomic E-state index is 12.3. The molecule has 26 heavy (non-hydrogen) atoms. The Kier molecular flexibility index (Phi) is 8.25. The van der Waals surface area contributed by atoms with Crippen molar-refractivity contribution in [1.82, 2.24) is 15.1 Å². The first-order chi connectivity index (χ1) is 12.7. The number of carbonyl (C=O) groups excluding carboxylic acids is 1. The van der Waals surface area contributed by atoms with E-state index in [1.54, 1.807) is 0 Å². The molecule has 1 saturated carbocycles. The second-order valence-electron chi connectivity index (χ2n) is 9.23. The number of rotatable bonds is 7. The minimum absolute atomic E-state index is 0.247. The summed E-state index contributed by atoms with van der Waals surface area (Å²) in [6.45, 7) is 6.46. The van der Waals surface area contributed by atoms with E-state index in [1.807, 2.05) is 0 Å². The highest BCUT2D eigenvalue weighted by molar-refractivity contribution is 5.78. The van der Waals surface area contributed by atoms with Crippen molar-refractivity contribution in [3.63, 3.8) is 0 Å². The molecule has 3 fully saturated rings. The van der Waals surface area contributed by atoms with Gasteiger partial charge in [0.05, 0.1) is 0 Å². The van der Waals surface area contributed by atoms with Crippen LogP contribution in [0.1, 0.15) is 70.6 Å². The summed E-state index contributed by atoms with van der Waals surface area (Å²) in [5.74, 6) is 2.54. The molecule has 4 nitrogen and oxygen atoms in total. The molecule has 0 atom stereocenters. The summed E-state index contributed by atoms with van der Waals surface area (Å²) in [4.78, 5) is 17.2. The molecule has 0 aromatic rings. The second kappa shape index (κ2) is 10.7. The number of carbonyl (C=O) groups is 1. The largest absolute Gasteiger partial charge is 0.355 e. The molecule has 150 valence electrons. The molecule has 2 heterocycles. The van der Waals surface area contributed by atoms with Gasteiger partial charge in [0.2, 0.25) is 5.91 Å². The monoisotopic (exact) mass is 363 g/mol. The third-order valence-corrected chi connectivity index (χ3v) is 7.23. The van der Waals surface area contributed by atoms with E-state index in [2.05, 4.69) is 22.2 Å². The van der Waals surface area contributed by atoms with Gasteiger partial charge in [-0.15, -0.1) is 0 Å². The fraction of sp³-hybridized carbons (Fsp3) is 0.955. The van der Waals surface area contributed by atoms with Crippen LogP contribution in [0.4, 0.5) is 0 Å². The molecule has 4 heteroatoms. The number of hydrogen-bond acceptors (Lipinski definition) is 3. The molecule has 2 aliphatic heterocycles. The van der Waals surface area contributed by atoms with Gasteiger partial charge in [-0.3, -0.25) is 4.79 Å². The topological polar surface area (TPSA) is 35.6 Å². The van der Waals surface area contributed by atoms with Crippen LogP contribution < -0.4 is 5.32 Å². The van der Waals surface area contributed by atoms with Crippen molar-refractivity contribution in [3.8, 4) is 0 Å². The molecule has 0 aromatic carbocycles. The van der Waals surface area contributed by atoms with Crippen LogP contribution in [0.2, 0.25) is 0 Å². The predicted octanol–water partition coefficient (Wildman–Crippen LogP) is 3.52. The van der Waals surface area contributed by atoms with Gasteiger partial charge in [-0.2, -0.15) is 0 Å². The van der Waals surface area contributed by atoms with E-state index in [0.29, 0.717) is 5.91 Å². The zero-order valence-electron chi connectivity index (χ0n) is 17.1. The lowest BCUT2D eigenvalue weighted by atomic mass is 9.82. The lowest BCUT2D eigenvalue weighted by Gasteiger charge is -2.33. The molecule has 0 spiro atoms. The van der Waals surface area contributed by atoms with Crippen LogP contribution in [0.15, 0.2) is 0 Å². The first kappa shape index (κ1) is 20.1. The van der Waals surface area contributed by atoms with E-state index >= 15 is 0 Å². The third kappa shape index (κ3) is 6.53. The fourth-order valence-electron chi connectivity index (χ4n) is 5.20. The molecule has 2 saturated heterocycles. The maximum absolute atomic E-state index is 12.3. The Morgan fingerprint density at radius 1 is 0.846 bits per heavy atom. The highest BCUT2D eigenvalue weighted by Crippen LogP contribution is 2.31. The Morgan fingerprint density at radius 3 is 2.12 bits per heavy atom. The van der Waals surface area contributed by atoms with Crippen LogP contribution in [-0.4, -0.2) is 62.0 Å². The lowest BCUT2D eigenvalue weighted by molar-refractivity contribution is -0.126. The van der Waals surface area contributed by atoms with E-state index in [1.165, 1.54) is 70.9 Å². The van der Waals surface area contributed by atoms with E-state index in [0.717, 1.165) is 50.9 Å². The molecule has 1 aliphatic carbocycles. The molecule has 0 bridgehead atoms.